The quantitative estimate of drug-likeness (QED) is 0.831. The Hall–Kier alpha value is -2.38. The molecule has 1 aliphatic carbocycles. The van der Waals surface area contributed by atoms with Crippen LogP contribution in [0.1, 0.15) is 26.7 Å². The van der Waals surface area contributed by atoms with Crippen molar-refractivity contribution in [3.63, 3.8) is 0 Å². The summed E-state index contributed by atoms with van der Waals surface area (Å²) in [6.45, 7) is 5.79. The SMILES string of the molecule is COc1ccnc(N2CCN(C(=O)[C@](C)(NC(C)=O)C3CC3)CC2)n1. The molecule has 25 heavy (non-hydrogen) atoms. The fourth-order valence-electron chi connectivity index (χ4n) is 3.39. The molecule has 0 radical (unpaired) electrons. The van der Waals surface area contributed by atoms with Crippen LogP contribution < -0.4 is 15.0 Å². The lowest BCUT2D eigenvalue weighted by Crippen LogP contribution is -2.62. The van der Waals surface area contributed by atoms with Gasteiger partial charge in [0, 0.05) is 45.4 Å². The first-order valence-corrected chi connectivity index (χ1v) is 8.64. The monoisotopic (exact) mass is 347 g/mol. The first-order chi connectivity index (χ1) is 11.9. The van der Waals surface area contributed by atoms with Gasteiger partial charge in [0.15, 0.2) is 0 Å². The van der Waals surface area contributed by atoms with E-state index in [0.717, 1.165) is 12.8 Å². The van der Waals surface area contributed by atoms with Crippen molar-refractivity contribution in [1.29, 1.82) is 0 Å². The highest BCUT2D eigenvalue weighted by Gasteiger charge is 2.49. The van der Waals surface area contributed by atoms with Crippen LogP contribution >= 0.6 is 0 Å². The van der Waals surface area contributed by atoms with Gasteiger partial charge >= 0.3 is 0 Å². The van der Waals surface area contributed by atoms with E-state index in [1.54, 1.807) is 19.4 Å². The summed E-state index contributed by atoms with van der Waals surface area (Å²) in [7, 11) is 1.57. The van der Waals surface area contributed by atoms with Gasteiger partial charge in [-0.25, -0.2) is 4.98 Å². The number of methoxy groups -OCH3 is 1. The molecular formula is C17H25N5O3. The Bertz CT molecular complexity index is 655. The molecule has 0 unspecified atom stereocenters. The number of rotatable bonds is 5. The summed E-state index contributed by atoms with van der Waals surface area (Å²) in [5.74, 6) is 1.22. The summed E-state index contributed by atoms with van der Waals surface area (Å²) in [6, 6.07) is 1.71. The number of carbonyl (C=O) groups is 2. The highest BCUT2D eigenvalue weighted by atomic mass is 16.5. The molecule has 2 amide bonds. The summed E-state index contributed by atoms with van der Waals surface area (Å²) < 4.78 is 5.14. The van der Waals surface area contributed by atoms with Crippen LogP contribution in [0.25, 0.3) is 0 Å². The number of nitrogens with one attached hydrogen (secondary N) is 1. The zero-order chi connectivity index (χ0) is 18.0. The van der Waals surface area contributed by atoms with Crippen molar-refractivity contribution < 1.29 is 14.3 Å². The van der Waals surface area contributed by atoms with Gasteiger partial charge in [0.25, 0.3) is 0 Å². The maximum Gasteiger partial charge on any atom is 0.248 e. The molecule has 0 bridgehead atoms. The molecule has 1 aromatic rings. The predicted molar refractivity (Wildman–Crippen MR) is 92.3 cm³/mol. The van der Waals surface area contributed by atoms with Crippen molar-refractivity contribution in [1.82, 2.24) is 20.2 Å². The van der Waals surface area contributed by atoms with Crippen LogP contribution in [0, 0.1) is 5.92 Å². The smallest absolute Gasteiger partial charge is 0.248 e. The Balaban J connectivity index is 1.64. The number of piperazine rings is 1. The van der Waals surface area contributed by atoms with Crippen molar-refractivity contribution in [3.8, 4) is 5.88 Å². The van der Waals surface area contributed by atoms with Gasteiger partial charge < -0.3 is 19.9 Å². The number of anilines is 1. The van der Waals surface area contributed by atoms with Crippen molar-refractivity contribution in [2.45, 2.75) is 32.2 Å². The summed E-state index contributed by atoms with van der Waals surface area (Å²) in [6.07, 6.45) is 3.64. The lowest BCUT2D eigenvalue weighted by molar-refractivity contribution is -0.142. The van der Waals surface area contributed by atoms with E-state index in [1.807, 2.05) is 16.7 Å². The van der Waals surface area contributed by atoms with E-state index >= 15 is 0 Å². The Kier molecular flexibility index (Phi) is 4.78. The average molecular weight is 347 g/mol. The number of nitrogens with zero attached hydrogens (tertiary/aromatic N) is 4. The Morgan fingerprint density at radius 2 is 1.96 bits per heavy atom. The lowest BCUT2D eigenvalue weighted by atomic mass is 9.93. The Labute approximate surface area is 147 Å². The lowest BCUT2D eigenvalue weighted by Gasteiger charge is -2.40. The molecule has 8 nitrogen and oxygen atoms in total. The maximum atomic E-state index is 13.0. The highest BCUT2D eigenvalue weighted by molar-refractivity contribution is 5.91. The number of hydrogen-bond donors (Lipinski definition) is 1. The van der Waals surface area contributed by atoms with E-state index in [1.165, 1.54) is 6.92 Å². The third kappa shape index (κ3) is 3.67. The van der Waals surface area contributed by atoms with Crippen LogP contribution in [0.4, 0.5) is 5.95 Å². The van der Waals surface area contributed by atoms with E-state index in [4.69, 9.17) is 4.74 Å². The zero-order valence-corrected chi connectivity index (χ0v) is 15.0. The minimum atomic E-state index is -0.791. The molecule has 1 aromatic heterocycles. The van der Waals surface area contributed by atoms with Gasteiger partial charge in [0.1, 0.15) is 5.54 Å². The topological polar surface area (TPSA) is 87.7 Å². The first-order valence-electron chi connectivity index (χ1n) is 8.64. The van der Waals surface area contributed by atoms with Gasteiger partial charge in [-0.2, -0.15) is 4.98 Å². The maximum absolute atomic E-state index is 13.0. The number of amides is 2. The minimum absolute atomic E-state index is 0.0106. The van der Waals surface area contributed by atoms with Gasteiger partial charge in [-0.05, 0) is 25.7 Å². The fourth-order valence-corrected chi connectivity index (χ4v) is 3.39. The van der Waals surface area contributed by atoms with Crippen molar-refractivity contribution >= 4 is 17.8 Å². The number of ether oxygens (including phenoxy) is 1. The molecule has 8 heteroatoms. The second kappa shape index (κ2) is 6.85. The summed E-state index contributed by atoms with van der Waals surface area (Å²) in [4.78, 5) is 37.1. The highest BCUT2D eigenvalue weighted by Crippen LogP contribution is 2.40. The third-order valence-corrected chi connectivity index (χ3v) is 4.95. The van der Waals surface area contributed by atoms with E-state index in [0.29, 0.717) is 38.0 Å². The van der Waals surface area contributed by atoms with E-state index in [-0.39, 0.29) is 17.7 Å². The van der Waals surface area contributed by atoms with Gasteiger partial charge in [-0.15, -0.1) is 0 Å². The van der Waals surface area contributed by atoms with Gasteiger partial charge in [-0.1, -0.05) is 0 Å². The molecule has 2 aliphatic rings. The first kappa shape index (κ1) is 17.4. The molecule has 136 valence electrons. The predicted octanol–water partition coefficient (Wildman–Crippen LogP) is 0.439. The average Bonchev–Trinajstić information content (AvgIpc) is 3.46. The van der Waals surface area contributed by atoms with E-state index < -0.39 is 5.54 Å². The Morgan fingerprint density at radius 1 is 1.28 bits per heavy atom. The van der Waals surface area contributed by atoms with Crippen molar-refractivity contribution in [2.24, 2.45) is 5.92 Å². The molecule has 2 heterocycles. The van der Waals surface area contributed by atoms with Gasteiger partial charge in [-0.3, -0.25) is 9.59 Å². The number of aromatic nitrogens is 2. The normalized spacial score (nSPS) is 20.0. The zero-order valence-electron chi connectivity index (χ0n) is 15.0. The fraction of sp³-hybridized carbons (Fsp3) is 0.647. The third-order valence-electron chi connectivity index (χ3n) is 4.95. The summed E-state index contributed by atoms with van der Waals surface area (Å²) in [5, 5.41) is 2.89. The summed E-state index contributed by atoms with van der Waals surface area (Å²) in [5.41, 5.74) is -0.791. The molecule has 2 fully saturated rings. The van der Waals surface area contributed by atoms with Crippen LogP contribution in [0.5, 0.6) is 5.88 Å². The number of carbonyl (C=O) groups excluding carboxylic acids is 2. The van der Waals surface area contributed by atoms with Crippen LogP contribution in [0.2, 0.25) is 0 Å². The largest absolute Gasteiger partial charge is 0.481 e. The van der Waals surface area contributed by atoms with Gasteiger partial charge in [0.05, 0.1) is 7.11 Å². The molecular weight excluding hydrogens is 322 g/mol. The van der Waals surface area contributed by atoms with Crippen LogP contribution in [0.15, 0.2) is 12.3 Å². The van der Waals surface area contributed by atoms with Crippen LogP contribution in [0.3, 0.4) is 0 Å². The minimum Gasteiger partial charge on any atom is -0.481 e. The second-order valence-corrected chi connectivity index (χ2v) is 6.84. The molecule has 1 aliphatic heterocycles. The van der Waals surface area contributed by atoms with Gasteiger partial charge in [0.2, 0.25) is 23.6 Å². The Morgan fingerprint density at radius 3 is 2.52 bits per heavy atom. The van der Waals surface area contributed by atoms with E-state index in [2.05, 4.69) is 15.3 Å². The second-order valence-electron chi connectivity index (χ2n) is 6.84. The van der Waals surface area contributed by atoms with Crippen LogP contribution in [-0.2, 0) is 9.59 Å². The van der Waals surface area contributed by atoms with E-state index in [9.17, 15) is 9.59 Å². The van der Waals surface area contributed by atoms with Crippen molar-refractivity contribution in [2.75, 3.05) is 38.2 Å². The molecule has 0 spiro atoms. The summed E-state index contributed by atoms with van der Waals surface area (Å²) >= 11 is 0. The molecule has 1 N–H and O–H groups in total. The molecule has 1 saturated heterocycles. The molecule has 3 rings (SSSR count). The molecule has 1 atom stereocenters. The molecule has 1 saturated carbocycles. The number of hydrogen-bond acceptors (Lipinski definition) is 6. The molecule has 0 aromatic carbocycles. The van der Waals surface area contributed by atoms with Crippen LogP contribution in [-0.4, -0.2) is 65.5 Å². The van der Waals surface area contributed by atoms with Crippen molar-refractivity contribution in [3.05, 3.63) is 12.3 Å². The standard InChI is InChI=1S/C17H25N5O3/c1-12(23)20-17(2,13-4-5-13)15(24)21-8-10-22(11-9-21)16-18-7-6-14(19-16)25-3/h6-7,13H,4-5,8-11H2,1-3H3,(H,20,23)/t17-/m1/s1.